The SMILES string of the molecule is Cc1ccc(CSc2nnc3c(n2)O[C@H](c2cccc4ccccc24)Nc2ccccc2-3)cc1. The molecule has 0 unspecified atom stereocenters. The Labute approximate surface area is 202 Å². The van der Waals surface area contributed by atoms with Gasteiger partial charge in [0.25, 0.3) is 0 Å². The fourth-order valence-corrected chi connectivity index (χ4v) is 4.89. The van der Waals surface area contributed by atoms with Crippen LogP contribution in [0.4, 0.5) is 5.69 Å². The summed E-state index contributed by atoms with van der Waals surface area (Å²) in [6.07, 6.45) is -0.417. The van der Waals surface area contributed by atoms with Gasteiger partial charge in [0, 0.05) is 22.6 Å². The summed E-state index contributed by atoms with van der Waals surface area (Å²) in [6.45, 7) is 2.09. The van der Waals surface area contributed by atoms with Crippen LogP contribution < -0.4 is 10.1 Å². The number of hydrogen-bond acceptors (Lipinski definition) is 6. The second-order valence-electron chi connectivity index (χ2n) is 8.28. The van der Waals surface area contributed by atoms with E-state index in [9.17, 15) is 0 Å². The first kappa shape index (κ1) is 20.7. The zero-order valence-corrected chi connectivity index (χ0v) is 19.4. The van der Waals surface area contributed by atoms with Gasteiger partial charge in [-0.05, 0) is 29.3 Å². The van der Waals surface area contributed by atoms with Crippen molar-refractivity contribution >= 4 is 28.2 Å². The number of nitrogens with zero attached hydrogens (tertiary/aromatic N) is 3. The van der Waals surface area contributed by atoms with E-state index in [1.807, 2.05) is 36.4 Å². The third-order valence-corrected chi connectivity index (χ3v) is 6.84. The summed E-state index contributed by atoms with van der Waals surface area (Å²) in [4.78, 5) is 4.79. The van der Waals surface area contributed by atoms with E-state index in [0.29, 0.717) is 16.7 Å². The third-order valence-electron chi connectivity index (χ3n) is 5.93. The number of para-hydroxylation sites is 1. The van der Waals surface area contributed by atoms with Gasteiger partial charge in [-0.1, -0.05) is 102 Å². The van der Waals surface area contributed by atoms with Crippen molar-refractivity contribution in [2.45, 2.75) is 24.1 Å². The van der Waals surface area contributed by atoms with Crippen molar-refractivity contribution in [1.29, 1.82) is 0 Å². The molecule has 5 aromatic rings. The summed E-state index contributed by atoms with van der Waals surface area (Å²) in [7, 11) is 0. The van der Waals surface area contributed by atoms with Crippen molar-refractivity contribution in [2.75, 3.05) is 5.32 Å². The second-order valence-corrected chi connectivity index (χ2v) is 9.22. The average molecular weight is 463 g/mol. The highest BCUT2D eigenvalue weighted by Gasteiger charge is 2.27. The second kappa shape index (κ2) is 8.80. The molecule has 4 aromatic carbocycles. The number of nitrogens with one attached hydrogen (secondary N) is 1. The van der Waals surface area contributed by atoms with Gasteiger partial charge in [0.05, 0.1) is 0 Å². The lowest BCUT2D eigenvalue weighted by atomic mass is 10.0. The monoisotopic (exact) mass is 462 g/mol. The molecule has 166 valence electrons. The lowest BCUT2D eigenvalue weighted by Gasteiger charge is -2.21. The lowest BCUT2D eigenvalue weighted by molar-refractivity contribution is 0.226. The maximum atomic E-state index is 6.50. The number of fused-ring (bicyclic) bond motifs is 4. The van der Waals surface area contributed by atoms with E-state index in [2.05, 4.69) is 77.0 Å². The zero-order chi connectivity index (χ0) is 22.9. The Kier molecular flexibility index (Phi) is 5.35. The summed E-state index contributed by atoms with van der Waals surface area (Å²) in [5, 5.41) is 15.4. The maximum absolute atomic E-state index is 6.50. The first-order chi connectivity index (χ1) is 16.7. The minimum absolute atomic E-state index is 0.417. The van der Waals surface area contributed by atoms with E-state index in [4.69, 9.17) is 9.72 Å². The molecule has 0 radical (unpaired) electrons. The van der Waals surface area contributed by atoms with Gasteiger partial charge in [0.2, 0.25) is 11.0 Å². The molecule has 1 atom stereocenters. The average Bonchev–Trinajstić information content (AvgIpc) is 3.04. The van der Waals surface area contributed by atoms with E-state index < -0.39 is 6.23 Å². The molecule has 2 heterocycles. The van der Waals surface area contributed by atoms with Crippen LogP contribution in [0.15, 0.2) is 96.2 Å². The maximum Gasteiger partial charge on any atom is 0.247 e. The summed E-state index contributed by atoms with van der Waals surface area (Å²) in [6, 6.07) is 31.1. The van der Waals surface area contributed by atoms with Crippen molar-refractivity contribution in [3.05, 3.63) is 108 Å². The van der Waals surface area contributed by atoms with Gasteiger partial charge in [-0.3, -0.25) is 0 Å². The van der Waals surface area contributed by atoms with Crippen molar-refractivity contribution < 1.29 is 4.74 Å². The molecule has 1 aromatic heterocycles. The normalized spacial score (nSPS) is 14.4. The number of rotatable bonds is 4. The zero-order valence-electron chi connectivity index (χ0n) is 18.6. The fraction of sp³-hybridized carbons (Fsp3) is 0.107. The Morgan fingerprint density at radius 2 is 1.65 bits per heavy atom. The topological polar surface area (TPSA) is 59.9 Å². The van der Waals surface area contributed by atoms with Crippen molar-refractivity contribution in [3.8, 4) is 17.1 Å². The highest BCUT2D eigenvalue weighted by molar-refractivity contribution is 7.98. The molecule has 0 spiro atoms. The van der Waals surface area contributed by atoms with Crippen LogP contribution in [0, 0.1) is 6.92 Å². The van der Waals surface area contributed by atoms with Crippen molar-refractivity contribution in [2.24, 2.45) is 0 Å². The number of aryl methyl sites for hydroxylation is 1. The molecule has 1 aliphatic heterocycles. The Bertz CT molecular complexity index is 1480. The summed E-state index contributed by atoms with van der Waals surface area (Å²) >= 11 is 1.55. The van der Waals surface area contributed by atoms with Crippen LogP contribution in [0.2, 0.25) is 0 Å². The number of thioether (sulfide) groups is 1. The molecule has 0 aliphatic carbocycles. The van der Waals surface area contributed by atoms with Crippen LogP contribution in [-0.2, 0) is 5.75 Å². The number of benzene rings is 4. The molecular formula is C28H22N4OS. The molecule has 6 rings (SSSR count). The molecule has 0 amide bonds. The molecule has 0 fully saturated rings. The minimum atomic E-state index is -0.417. The summed E-state index contributed by atoms with van der Waals surface area (Å²) < 4.78 is 6.50. The van der Waals surface area contributed by atoms with Gasteiger partial charge in [-0.2, -0.15) is 4.98 Å². The molecule has 0 bridgehead atoms. The molecular weight excluding hydrogens is 440 g/mol. The van der Waals surface area contributed by atoms with E-state index in [0.717, 1.165) is 28.0 Å². The first-order valence-electron chi connectivity index (χ1n) is 11.2. The van der Waals surface area contributed by atoms with Crippen molar-refractivity contribution in [1.82, 2.24) is 15.2 Å². The molecule has 6 heteroatoms. The largest absolute Gasteiger partial charge is 0.448 e. The number of anilines is 1. The quantitative estimate of drug-likeness (QED) is 0.297. The van der Waals surface area contributed by atoms with E-state index in [1.165, 1.54) is 16.5 Å². The smallest absolute Gasteiger partial charge is 0.247 e. The van der Waals surface area contributed by atoms with Crippen LogP contribution >= 0.6 is 11.8 Å². The number of ether oxygens (including phenoxy) is 1. The van der Waals surface area contributed by atoms with E-state index in [-0.39, 0.29) is 0 Å². The molecule has 5 nitrogen and oxygen atoms in total. The molecule has 1 aliphatic rings. The van der Waals surface area contributed by atoms with Crippen molar-refractivity contribution in [3.63, 3.8) is 0 Å². The summed E-state index contributed by atoms with van der Waals surface area (Å²) in [5.74, 6) is 1.25. The first-order valence-corrected chi connectivity index (χ1v) is 12.2. The Morgan fingerprint density at radius 3 is 2.56 bits per heavy atom. The Hall–Kier alpha value is -3.90. The van der Waals surface area contributed by atoms with Gasteiger partial charge >= 0.3 is 0 Å². The minimum Gasteiger partial charge on any atom is -0.448 e. The standard InChI is InChI=1S/C28H22N4OS/c1-18-13-15-19(16-14-18)17-34-28-30-27-25(31-32-28)23-10-4-5-12-24(23)29-26(33-27)22-11-6-8-20-7-2-3-9-21(20)22/h2-16,26,29H,17H2,1H3/t26-/m1/s1. The highest BCUT2D eigenvalue weighted by Crippen LogP contribution is 2.40. The van der Waals surface area contributed by atoms with E-state index in [1.54, 1.807) is 11.8 Å². The van der Waals surface area contributed by atoms with Crippen LogP contribution in [0.25, 0.3) is 22.0 Å². The highest BCUT2D eigenvalue weighted by atomic mass is 32.2. The Morgan fingerprint density at radius 1 is 0.853 bits per heavy atom. The van der Waals surface area contributed by atoms with Gasteiger partial charge in [0.1, 0.15) is 0 Å². The molecule has 0 saturated heterocycles. The fourth-order valence-electron chi connectivity index (χ4n) is 4.16. The Balaban J connectivity index is 1.39. The van der Waals surface area contributed by atoms with Gasteiger partial charge in [-0.25, -0.2) is 0 Å². The molecule has 0 saturated carbocycles. The number of hydrogen-bond donors (Lipinski definition) is 1. The number of aromatic nitrogens is 3. The van der Waals surface area contributed by atoms with Gasteiger partial charge in [0.15, 0.2) is 11.9 Å². The van der Waals surface area contributed by atoms with Crippen LogP contribution in [0.5, 0.6) is 5.88 Å². The van der Waals surface area contributed by atoms with E-state index >= 15 is 0 Å². The molecule has 1 N–H and O–H groups in total. The lowest BCUT2D eigenvalue weighted by Crippen LogP contribution is -2.17. The molecule has 34 heavy (non-hydrogen) atoms. The third kappa shape index (κ3) is 3.97. The predicted molar refractivity (Wildman–Crippen MR) is 137 cm³/mol. The predicted octanol–water partition coefficient (Wildman–Crippen LogP) is 6.80. The van der Waals surface area contributed by atoms with Crippen LogP contribution in [0.3, 0.4) is 0 Å². The van der Waals surface area contributed by atoms with Gasteiger partial charge in [-0.15, -0.1) is 10.2 Å². The van der Waals surface area contributed by atoms with Crippen LogP contribution in [0.1, 0.15) is 22.9 Å². The summed E-state index contributed by atoms with van der Waals surface area (Å²) in [5.41, 5.74) is 6.02. The van der Waals surface area contributed by atoms with Gasteiger partial charge < -0.3 is 10.1 Å². The van der Waals surface area contributed by atoms with Crippen LogP contribution in [-0.4, -0.2) is 15.2 Å².